The molecule has 0 spiro atoms. The van der Waals surface area contributed by atoms with Crippen LogP contribution in [0.1, 0.15) is 39.0 Å². The molecule has 2 aliphatic rings. The number of carboxylic acids is 1. The number of likely N-dealkylation sites (N-methyl/N-ethyl adjacent to an activating group) is 1. The molecule has 0 aromatic heterocycles. The summed E-state index contributed by atoms with van der Waals surface area (Å²) in [6.45, 7) is 4.70. The van der Waals surface area contributed by atoms with E-state index in [0.29, 0.717) is 6.42 Å². The first-order valence-corrected chi connectivity index (χ1v) is 7.72. The molecule has 0 bridgehead atoms. The smallest absolute Gasteiger partial charge is 0.307 e. The Kier molecular flexibility index (Phi) is 5.02. The minimum Gasteiger partial charge on any atom is -0.481 e. The Morgan fingerprint density at radius 1 is 1.05 bits per heavy atom. The molecule has 2 rings (SSSR count). The van der Waals surface area contributed by atoms with Crippen LogP contribution in [0, 0.1) is 11.8 Å². The molecule has 0 aromatic rings. The van der Waals surface area contributed by atoms with Gasteiger partial charge in [0.15, 0.2) is 0 Å². The van der Waals surface area contributed by atoms with Crippen LogP contribution in [0.3, 0.4) is 0 Å². The van der Waals surface area contributed by atoms with Crippen molar-refractivity contribution in [1.82, 2.24) is 9.80 Å². The van der Waals surface area contributed by atoms with E-state index in [1.165, 1.54) is 0 Å². The average molecular weight is 282 g/mol. The molecule has 3 atom stereocenters. The largest absolute Gasteiger partial charge is 0.481 e. The summed E-state index contributed by atoms with van der Waals surface area (Å²) in [7, 11) is 2.07. The van der Waals surface area contributed by atoms with Gasteiger partial charge in [0.2, 0.25) is 5.91 Å². The molecular formula is C15H26N2O3. The van der Waals surface area contributed by atoms with Crippen LogP contribution in [0.15, 0.2) is 0 Å². The Morgan fingerprint density at radius 3 is 2.35 bits per heavy atom. The highest BCUT2D eigenvalue weighted by Crippen LogP contribution is 2.32. The van der Waals surface area contributed by atoms with Gasteiger partial charge < -0.3 is 14.9 Å². The minimum absolute atomic E-state index is 0.0694. The van der Waals surface area contributed by atoms with Crippen LogP contribution in [0.4, 0.5) is 0 Å². The third kappa shape index (κ3) is 3.32. The van der Waals surface area contributed by atoms with Crippen molar-refractivity contribution in [3.63, 3.8) is 0 Å². The number of nitrogens with zero attached hydrogens (tertiary/aromatic N) is 2. The van der Waals surface area contributed by atoms with Gasteiger partial charge in [0.1, 0.15) is 0 Å². The molecule has 114 valence electrons. The highest BCUT2D eigenvalue weighted by molar-refractivity contribution is 5.85. The second-order valence-electron chi connectivity index (χ2n) is 6.33. The quantitative estimate of drug-likeness (QED) is 0.832. The van der Waals surface area contributed by atoms with Crippen LogP contribution in [0.25, 0.3) is 0 Å². The predicted octanol–water partition coefficient (Wildman–Crippen LogP) is 1.43. The summed E-state index contributed by atoms with van der Waals surface area (Å²) < 4.78 is 0. The van der Waals surface area contributed by atoms with Crippen LogP contribution in [-0.2, 0) is 9.59 Å². The van der Waals surface area contributed by atoms with Crippen LogP contribution in [0.2, 0.25) is 0 Å². The Bertz CT molecular complexity index is 372. The SMILES string of the molecule is CC1CN(C)CCCN1C(=O)[C@@H]1CCCC[C@@H]1C(=O)O. The Balaban J connectivity index is 2.09. The van der Waals surface area contributed by atoms with E-state index in [2.05, 4.69) is 18.9 Å². The molecular weight excluding hydrogens is 256 g/mol. The lowest BCUT2D eigenvalue weighted by atomic mass is 9.78. The maximum absolute atomic E-state index is 12.8. The van der Waals surface area contributed by atoms with Crippen LogP contribution >= 0.6 is 0 Å². The average Bonchev–Trinajstić information content (AvgIpc) is 2.58. The summed E-state index contributed by atoms with van der Waals surface area (Å²) in [6, 6.07) is 0.173. The van der Waals surface area contributed by atoms with Gasteiger partial charge in [-0.05, 0) is 39.8 Å². The van der Waals surface area contributed by atoms with E-state index >= 15 is 0 Å². The Hall–Kier alpha value is -1.10. The van der Waals surface area contributed by atoms with E-state index < -0.39 is 11.9 Å². The first-order chi connectivity index (χ1) is 9.50. The van der Waals surface area contributed by atoms with Gasteiger partial charge in [0.05, 0.1) is 11.8 Å². The molecule has 1 aliphatic heterocycles. The fourth-order valence-corrected chi connectivity index (χ4v) is 3.63. The second kappa shape index (κ2) is 6.57. The van der Waals surface area contributed by atoms with Crippen molar-refractivity contribution in [3.05, 3.63) is 0 Å². The van der Waals surface area contributed by atoms with E-state index in [4.69, 9.17) is 0 Å². The van der Waals surface area contributed by atoms with Crippen molar-refractivity contribution in [3.8, 4) is 0 Å². The number of hydrogen-bond donors (Lipinski definition) is 1. The summed E-state index contributed by atoms with van der Waals surface area (Å²) in [5, 5.41) is 9.34. The molecule has 1 N–H and O–H groups in total. The number of aliphatic carboxylic acids is 1. The number of carboxylic acid groups (broad SMARTS) is 1. The Morgan fingerprint density at radius 2 is 1.70 bits per heavy atom. The van der Waals surface area contributed by atoms with Gasteiger partial charge in [-0.25, -0.2) is 0 Å². The molecule has 1 saturated heterocycles. The molecule has 5 nitrogen and oxygen atoms in total. The first kappa shape index (κ1) is 15.3. The van der Waals surface area contributed by atoms with Gasteiger partial charge in [-0.2, -0.15) is 0 Å². The van der Waals surface area contributed by atoms with Gasteiger partial charge >= 0.3 is 5.97 Å². The van der Waals surface area contributed by atoms with Crippen LogP contribution in [-0.4, -0.2) is 59.5 Å². The zero-order chi connectivity index (χ0) is 14.7. The van der Waals surface area contributed by atoms with E-state index in [1.54, 1.807) is 0 Å². The van der Waals surface area contributed by atoms with Crippen molar-refractivity contribution in [2.45, 2.75) is 45.1 Å². The monoisotopic (exact) mass is 282 g/mol. The molecule has 1 saturated carbocycles. The summed E-state index contributed by atoms with van der Waals surface area (Å²) >= 11 is 0. The molecule has 1 heterocycles. The van der Waals surface area contributed by atoms with Gasteiger partial charge in [-0.1, -0.05) is 12.8 Å². The molecule has 1 amide bonds. The zero-order valence-corrected chi connectivity index (χ0v) is 12.5. The molecule has 20 heavy (non-hydrogen) atoms. The fraction of sp³-hybridized carbons (Fsp3) is 0.867. The molecule has 0 radical (unpaired) electrons. The predicted molar refractivity (Wildman–Crippen MR) is 76.4 cm³/mol. The number of hydrogen-bond acceptors (Lipinski definition) is 3. The van der Waals surface area contributed by atoms with Crippen LogP contribution < -0.4 is 0 Å². The van der Waals surface area contributed by atoms with Crippen molar-refractivity contribution < 1.29 is 14.7 Å². The van der Waals surface area contributed by atoms with E-state index in [0.717, 1.165) is 45.3 Å². The topological polar surface area (TPSA) is 60.9 Å². The van der Waals surface area contributed by atoms with Crippen molar-refractivity contribution >= 4 is 11.9 Å². The maximum atomic E-state index is 12.8. The lowest BCUT2D eigenvalue weighted by Crippen LogP contribution is -2.48. The minimum atomic E-state index is -0.803. The molecule has 5 heteroatoms. The lowest BCUT2D eigenvalue weighted by Gasteiger charge is -2.35. The standard InChI is InChI=1S/C15H26N2O3/c1-11-10-16(2)8-5-9-17(11)14(18)12-6-3-4-7-13(12)15(19)20/h11-13H,3-10H2,1-2H3,(H,19,20)/t11?,12-,13+/m1/s1. The summed E-state index contributed by atoms with van der Waals surface area (Å²) in [5.74, 6) is -1.53. The van der Waals surface area contributed by atoms with Crippen molar-refractivity contribution in [2.24, 2.45) is 11.8 Å². The lowest BCUT2D eigenvalue weighted by molar-refractivity contribution is -0.153. The molecule has 0 aromatic carbocycles. The number of rotatable bonds is 2. The fourth-order valence-electron chi connectivity index (χ4n) is 3.63. The summed E-state index contributed by atoms with van der Waals surface area (Å²) in [4.78, 5) is 28.3. The van der Waals surface area contributed by atoms with Gasteiger partial charge in [-0.15, -0.1) is 0 Å². The highest BCUT2D eigenvalue weighted by Gasteiger charge is 2.39. The third-order valence-electron chi connectivity index (χ3n) is 4.73. The Labute approximate surface area is 120 Å². The number of carbonyl (C=O) groups is 2. The molecule has 1 aliphatic carbocycles. The highest BCUT2D eigenvalue weighted by atomic mass is 16.4. The van der Waals surface area contributed by atoms with E-state index in [1.807, 2.05) is 4.90 Å². The molecule has 1 unspecified atom stereocenters. The summed E-state index contributed by atoms with van der Waals surface area (Å²) in [5.41, 5.74) is 0. The first-order valence-electron chi connectivity index (χ1n) is 7.72. The third-order valence-corrected chi connectivity index (χ3v) is 4.73. The number of carbonyl (C=O) groups excluding carboxylic acids is 1. The second-order valence-corrected chi connectivity index (χ2v) is 6.33. The molecule has 2 fully saturated rings. The zero-order valence-electron chi connectivity index (χ0n) is 12.5. The summed E-state index contributed by atoms with van der Waals surface area (Å²) in [6.07, 6.45) is 4.25. The van der Waals surface area contributed by atoms with Gasteiger partial charge in [-0.3, -0.25) is 9.59 Å². The van der Waals surface area contributed by atoms with Crippen molar-refractivity contribution in [2.75, 3.05) is 26.7 Å². The van der Waals surface area contributed by atoms with Gasteiger partial charge in [0.25, 0.3) is 0 Å². The van der Waals surface area contributed by atoms with E-state index in [-0.39, 0.29) is 17.9 Å². The van der Waals surface area contributed by atoms with E-state index in [9.17, 15) is 14.7 Å². The number of amides is 1. The maximum Gasteiger partial charge on any atom is 0.307 e. The normalized spacial score (nSPS) is 32.7. The van der Waals surface area contributed by atoms with Crippen molar-refractivity contribution in [1.29, 1.82) is 0 Å². The van der Waals surface area contributed by atoms with Crippen LogP contribution in [0.5, 0.6) is 0 Å². The van der Waals surface area contributed by atoms with Gasteiger partial charge in [0, 0.05) is 19.1 Å².